The number of ketones is 1. The second kappa shape index (κ2) is 13.6. The number of amides is 1. The second-order valence-electron chi connectivity index (χ2n) is 11.3. The van der Waals surface area contributed by atoms with Gasteiger partial charge in [-0.15, -0.1) is 17.9 Å². The topological polar surface area (TPSA) is 99.5 Å². The predicted octanol–water partition coefficient (Wildman–Crippen LogP) is 6.13. The maximum absolute atomic E-state index is 13.7. The molecule has 1 aliphatic heterocycles. The molecular formula is C30H46N2O4S. The molecule has 6 nitrogen and oxygen atoms in total. The first-order valence-electron chi connectivity index (χ1n) is 13.4. The number of nitrogens with zero attached hydrogens (tertiary/aromatic N) is 1. The van der Waals surface area contributed by atoms with Crippen molar-refractivity contribution in [2.24, 2.45) is 17.3 Å². The number of carbonyl (C=O) groups excluding carboxylic acids is 2. The number of hydrogen-bond donors (Lipinski definition) is 3. The van der Waals surface area contributed by atoms with Gasteiger partial charge >= 0.3 is 0 Å². The highest BCUT2D eigenvalue weighted by Gasteiger charge is 2.47. The van der Waals surface area contributed by atoms with Crippen LogP contribution in [-0.4, -0.2) is 38.7 Å². The van der Waals surface area contributed by atoms with Gasteiger partial charge in [0.1, 0.15) is 5.78 Å². The molecule has 0 spiro atoms. The molecule has 0 radical (unpaired) electrons. The van der Waals surface area contributed by atoms with Crippen molar-refractivity contribution in [3.63, 3.8) is 0 Å². The van der Waals surface area contributed by atoms with Crippen LogP contribution < -0.4 is 5.32 Å². The van der Waals surface area contributed by atoms with Gasteiger partial charge < -0.3 is 15.5 Å². The summed E-state index contributed by atoms with van der Waals surface area (Å²) in [4.78, 5) is 31.2. The molecule has 2 heterocycles. The number of carbonyl (C=O) groups is 2. The third-order valence-corrected chi connectivity index (χ3v) is 8.46. The quantitative estimate of drug-likeness (QED) is 0.314. The number of rotatable bonds is 5. The Morgan fingerprint density at radius 2 is 1.97 bits per heavy atom. The van der Waals surface area contributed by atoms with E-state index in [4.69, 9.17) is 0 Å². The monoisotopic (exact) mass is 530 g/mol. The molecule has 0 saturated heterocycles. The van der Waals surface area contributed by atoms with Crippen LogP contribution in [0.3, 0.4) is 0 Å². The zero-order chi connectivity index (χ0) is 27.8. The van der Waals surface area contributed by atoms with E-state index in [1.807, 2.05) is 25.3 Å². The van der Waals surface area contributed by atoms with Crippen LogP contribution >= 0.6 is 11.3 Å². The molecule has 1 amide bonds. The van der Waals surface area contributed by atoms with E-state index < -0.39 is 23.0 Å². The Labute approximate surface area is 227 Å². The summed E-state index contributed by atoms with van der Waals surface area (Å²) in [6, 6.07) is -0.169. The summed E-state index contributed by atoms with van der Waals surface area (Å²) in [6.07, 6.45) is 10.1. The molecule has 2 rings (SSSR count). The molecule has 0 aromatic carbocycles. The summed E-state index contributed by atoms with van der Waals surface area (Å²) in [5.74, 6) is -3.86. The Kier molecular flexibility index (Phi) is 11.5. The van der Waals surface area contributed by atoms with Crippen molar-refractivity contribution >= 4 is 29.1 Å². The summed E-state index contributed by atoms with van der Waals surface area (Å²) in [7, 11) is 0. The highest BCUT2D eigenvalue weighted by molar-refractivity contribution is 7.09. The molecule has 0 aliphatic carbocycles. The van der Waals surface area contributed by atoms with Gasteiger partial charge in [-0.3, -0.25) is 9.59 Å². The van der Waals surface area contributed by atoms with Crippen molar-refractivity contribution in [1.29, 1.82) is 0 Å². The lowest BCUT2D eigenvalue weighted by atomic mass is 9.70. The van der Waals surface area contributed by atoms with Gasteiger partial charge in [-0.25, -0.2) is 4.98 Å². The van der Waals surface area contributed by atoms with Crippen LogP contribution in [0.4, 0.5) is 0 Å². The normalized spacial score (nSPS) is 26.3. The third-order valence-electron chi connectivity index (χ3n) is 7.67. The Bertz CT molecular complexity index is 1000. The van der Waals surface area contributed by atoms with Crippen LogP contribution in [0, 0.1) is 24.2 Å². The molecule has 7 heteroatoms. The molecule has 0 bridgehead atoms. The molecule has 0 fully saturated rings. The van der Waals surface area contributed by atoms with Crippen molar-refractivity contribution in [2.75, 3.05) is 0 Å². The summed E-state index contributed by atoms with van der Waals surface area (Å²) in [5.41, 5.74) is 2.23. The number of Topliss-reactive ketones (excluding diaryl/α,β-unsaturated/α-hetero) is 1. The molecule has 1 aromatic rings. The predicted molar refractivity (Wildman–Crippen MR) is 152 cm³/mol. The smallest absolute Gasteiger partial charge is 0.220 e. The van der Waals surface area contributed by atoms with Crippen LogP contribution in [-0.2, 0) is 9.59 Å². The van der Waals surface area contributed by atoms with E-state index in [-0.39, 0.29) is 24.2 Å². The zero-order valence-electron chi connectivity index (χ0n) is 23.5. The van der Waals surface area contributed by atoms with E-state index in [0.717, 1.165) is 29.1 Å². The summed E-state index contributed by atoms with van der Waals surface area (Å²) < 4.78 is 0. The fourth-order valence-electron chi connectivity index (χ4n) is 4.91. The van der Waals surface area contributed by atoms with Crippen molar-refractivity contribution in [2.45, 2.75) is 105 Å². The lowest BCUT2D eigenvalue weighted by Crippen LogP contribution is -2.51. The number of aromatic nitrogens is 1. The van der Waals surface area contributed by atoms with Gasteiger partial charge in [-0.05, 0) is 77.4 Å². The van der Waals surface area contributed by atoms with E-state index in [1.54, 1.807) is 38.2 Å². The van der Waals surface area contributed by atoms with E-state index in [9.17, 15) is 19.8 Å². The molecule has 3 N–H and O–H groups in total. The van der Waals surface area contributed by atoms with Gasteiger partial charge in [0.05, 0.1) is 22.7 Å². The number of nitrogens with one attached hydrogen (secondary N) is 1. The highest BCUT2D eigenvalue weighted by Crippen LogP contribution is 2.38. The summed E-state index contributed by atoms with van der Waals surface area (Å²) >= 11 is 1.60. The fourth-order valence-corrected chi connectivity index (χ4v) is 5.48. The SMILES string of the molecule is C=CCCC1C(=O)C(C)(C)CCC(=O)NC(C(C)=Cc2csc(C)n2)CC=C(C)CCCC(C)C1(O)O. The molecule has 0 saturated carbocycles. The Hall–Kier alpha value is -2.09. The highest BCUT2D eigenvalue weighted by atomic mass is 32.1. The molecule has 3 atom stereocenters. The lowest BCUT2D eigenvalue weighted by Gasteiger charge is -2.39. The second-order valence-corrected chi connectivity index (χ2v) is 12.4. The van der Waals surface area contributed by atoms with Gasteiger partial charge in [0.2, 0.25) is 5.91 Å². The molecule has 206 valence electrons. The van der Waals surface area contributed by atoms with E-state index >= 15 is 0 Å². The number of hydrogen-bond acceptors (Lipinski definition) is 6. The first kappa shape index (κ1) is 31.1. The van der Waals surface area contributed by atoms with Crippen LogP contribution in [0.2, 0.25) is 0 Å². The Balaban J connectivity index is 2.35. The summed E-state index contributed by atoms with van der Waals surface area (Å²) in [6.45, 7) is 15.2. The zero-order valence-corrected chi connectivity index (χ0v) is 24.3. The standard InChI is InChI=1S/C30H46N2O4S/c1-8-9-13-25-28(34)29(6,7)17-16-27(33)32-26(21(3)18-24-19-37-23(5)31-24)15-14-20(2)11-10-12-22(4)30(25,35)36/h8,14,18-19,22,25-26,35-36H,1,9-13,15-17H2,2-7H3,(H,32,33). The lowest BCUT2D eigenvalue weighted by molar-refractivity contribution is -0.234. The molecule has 37 heavy (non-hydrogen) atoms. The van der Waals surface area contributed by atoms with Crippen molar-refractivity contribution in [1.82, 2.24) is 10.3 Å². The van der Waals surface area contributed by atoms with E-state index in [2.05, 4.69) is 29.9 Å². The number of aliphatic hydroxyl groups is 2. The van der Waals surface area contributed by atoms with Gasteiger partial charge in [0, 0.05) is 23.1 Å². The van der Waals surface area contributed by atoms with Crippen LogP contribution in [0.15, 0.2) is 35.3 Å². The third kappa shape index (κ3) is 9.01. The molecule has 1 aliphatic rings. The van der Waals surface area contributed by atoms with Crippen LogP contribution in [0.5, 0.6) is 0 Å². The minimum absolute atomic E-state index is 0.124. The van der Waals surface area contributed by atoms with Crippen LogP contribution in [0.25, 0.3) is 6.08 Å². The van der Waals surface area contributed by atoms with Gasteiger partial charge in [0.15, 0.2) is 5.79 Å². The van der Waals surface area contributed by atoms with E-state index in [1.165, 1.54) is 5.57 Å². The minimum Gasteiger partial charge on any atom is -0.365 e. The van der Waals surface area contributed by atoms with Gasteiger partial charge in [0.25, 0.3) is 0 Å². The maximum Gasteiger partial charge on any atom is 0.220 e. The maximum atomic E-state index is 13.7. The van der Waals surface area contributed by atoms with Gasteiger partial charge in [-0.1, -0.05) is 38.5 Å². The molecule has 1 aromatic heterocycles. The number of allylic oxidation sites excluding steroid dienone is 2. The van der Waals surface area contributed by atoms with Crippen molar-refractivity contribution in [3.05, 3.63) is 46.0 Å². The number of aryl methyl sites for hydroxylation is 1. The summed E-state index contributed by atoms with van der Waals surface area (Å²) in [5, 5.41) is 28.5. The van der Waals surface area contributed by atoms with E-state index in [0.29, 0.717) is 32.1 Å². The van der Waals surface area contributed by atoms with Crippen molar-refractivity contribution in [3.8, 4) is 0 Å². The first-order chi connectivity index (χ1) is 17.3. The Morgan fingerprint density at radius 1 is 1.27 bits per heavy atom. The largest absolute Gasteiger partial charge is 0.365 e. The first-order valence-corrected chi connectivity index (χ1v) is 14.3. The Morgan fingerprint density at radius 3 is 2.59 bits per heavy atom. The average Bonchev–Trinajstić information content (AvgIpc) is 3.23. The molecular weight excluding hydrogens is 484 g/mol. The van der Waals surface area contributed by atoms with Crippen LogP contribution in [0.1, 0.15) is 96.7 Å². The number of thiazole rings is 1. The van der Waals surface area contributed by atoms with Gasteiger partial charge in [-0.2, -0.15) is 0 Å². The average molecular weight is 531 g/mol. The van der Waals surface area contributed by atoms with Crippen molar-refractivity contribution < 1.29 is 19.8 Å². The molecule has 3 unspecified atom stereocenters. The minimum atomic E-state index is -2.12. The fraction of sp³-hybridized carbons (Fsp3) is 0.633.